The van der Waals surface area contributed by atoms with Crippen molar-refractivity contribution in [3.8, 4) is 6.07 Å². The van der Waals surface area contributed by atoms with Crippen LogP contribution in [0.2, 0.25) is 0 Å². The Morgan fingerprint density at radius 1 is 1.33 bits per heavy atom. The van der Waals surface area contributed by atoms with Crippen LogP contribution in [0, 0.1) is 11.3 Å². The molecule has 5 heteroatoms. The maximum atomic E-state index is 9.08. The van der Waals surface area contributed by atoms with Crippen LogP contribution in [0.3, 0.4) is 0 Å². The Labute approximate surface area is 106 Å². The summed E-state index contributed by atoms with van der Waals surface area (Å²) in [5.74, 6) is 0. The zero-order valence-electron chi connectivity index (χ0n) is 10.4. The van der Waals surface area contributed by atoms with Crippen LogP contribution in [-0.2, 0) is 0 Å². The summed E-state index contributed by atoms with van der Waals surface area (Å²) in [6.45, 7) is 4.39. The van der Waals surface area contributed by atoms with E-state index in [0.29, 0.717) is 12.2 Å². The van der Waals surface area contributed by atoms with Gasteiger partial charge < -0.3 is 11.1 Å². The van der Waals surface area contributed by atoms with Crippen molar-refractivity contribution < 1.29 is 0 Å². The number of hydrogen-bond acceptors (Lipinski definition) is 5. The van der Waals surface area contributed by atoms with E-state index in [9.17, 15) is 0 Å². The van der Waals surface area contributed by atoms with Crippen molar-refractivity contribution in [2.75, 3.05) is 11.9 Å². The van der Waals surface area contributed by atoms with Crippen molar-refractivity contribution in [2.24, 2.45) is 5.73 Å². The number of nitriles is 1. The summed E-state index contributed by atoms with van der Waals surface area (Å²) < 4.78 is 0. The van der Waals surface area contributed by atoms with E-state index in [2.05, 4.69) is 15.5 Å². The van der Waals surface area contributed by atoms with Gasteiger partial charge in [0, 0.05) is 17.5 Å². The molecule has 0 saturated carbocycles. The predicted molar refractivity (Wildman–Crippen MR) is 71.0 cm³/mol. The van der Waals surface area contributed by atoms with Gasteiger partial charge in [-0.1, -0.05) is 18.2 Å². The summed E-state index contributed by atoms with van der Waals surface area (Å²) >= 11 is 0. The van der Waals surface area contributed by atoms with Gasteiger partial charge in [-0.15, -0.1) is 10.2 Å². The van der Waals surface area contributed by atoms with Crippen molar-refractivity contribution in [3.63, 3.8) is 0 Å². The highest BCUT2D eigenvalue weighted by atomic mass is 15.1. The van der Waals surface area contributed by atoms with Crippen LogP contribution in [-0.4, -0.2) is 22.3 Å². The SMILES string of the molecule is CC(C)(N)CNc1c(C#N)nnc2ccccc12. The van der Waals surface area contributed by atoms with E-state index in [4.69, 9.17) is 11.0 Å². The molecule has 0 unspecified atom stereocenters. The van der Waals surface area contributed by atoms with Crippen LogP contribution in [0.1, 0.15) is 19.5 Å². The lowest BCUT2D eigenvalue weighted by atomic mass is 10.1. The Bertz CT molecular complexity index is 607. The number of anilines is 1. The van der Waals surface area contributed by atoms with Gasteiger partial charge in [0.2, 0.25) is 0 Å². The lowest BCUT2D eigenvalue weighted by Gasteiger charge is -2.20. The smallest absolute Gasteiger partial charge is 0.186 e. The second-order valence-corrected chi connectivity index (χ2v) is 4.89. The molecule has 0 saturated heterocycles. The molecule has 0 radical (unpaired) electrons. The summed E-state index contributed by atoms with van der Waals surface area (Å²) in [6.07, 6.45) is 0. The van der Waals surface area contributed by atoms with Gasteiger partial charge in [-0.2, -0.15) is 5.26 Å². The first kappa shape index (κ1) is 12.3. The Morgan fingerprint density at radius 2 is 2.06 bits per heavy atom. The van der Waals surface area contributed by atoms with E-state index in [1.807, 2.05) is 44.2 Å². The van der Waals surface area contributed by atoms with E-state index in [-0.39, 0.29) is 11.2 Å². The van der Waals surface area contributed by atoms with Crippen molar-refractivity contribution in [1.82, 2.24) is 10.2 Å². The minimum Gasteiger partial charge on any atom is -0.380 e. The lowest BCUT2D eigenvalue weighted by molar-refractivity contribution is 0.549. The van der Waals surface area contributed by atoms with E-state index in [1.54, 1.807) is 0 Å². The Balaban J connectivity index is 2.49. The predicted octanol–water partition coefficient (Wildman–Crippen LogP) is 1.65. The average Bonchev–Trinajstić information content (AvgIpc) is 2.34. The van der Waals surface area contributed by atoms with Crippen molar-refractivity contribution >= 4 is 16.6 Å². The molecule has 18 heavy (non-hydrogen) atoms. The largest absolute Gasteiger partial charge is 0.380 e. The lowest BCUT2D eigenvalue weighted by Crippen LogP contribution is -2.39. The molecule has 3 N–H and O–H groups in total. The Morgan fingerprint density at radius 3 is 2.72 bits per heavy atom. The number of nitrogens with zero attached hydrogens (tertiary/aromatic N) is 3. The van der Waals surface area contributed by atoms with Gasteiger partial charge in [-0.25, -0.2) is 0 Å². The highest BCUT2D eigenvalue weighted by Crippen LogP contribution is 2.23. The van der Waals surface area contributed by atoms with Gasteiger partial charge in [0.05, 0.1) is 11.2 Å². The molecular weight excluding hydrogens is 226 g/mol. The van der Waals surface area contributed by atoms with Gasteiger partial charge in [-0.3, -0.25) is 0 Å². The molecule has 1 aromatic carbocycles. The molecule has 0 amide bonds. The zero-order valence-corrected chi connectivity index (χ0v) is 10.4. The van der Waals surface area contributed by atoms with Crippen LogP contribution < -0.4 is 11.1 Å². The first-order chi connectivity index (χ1) is 8.51. The van der Waals surface area contributed by atoms with Crippen molar-refractivity contribution in [1.29, 1.82) is 5.26 Å². The summed E-state index contributed by atoms with van der Waals surface area (Å²) in [6, 6.07) is 9.62. The molecular formula is C13H15N5. The third kappa shape index (κ3) is 2.55. The van der Waals surface area contributed by atoms with Crippen molar-refractivity contribution in [3.05, 3.63) is 30.0 Å². The summed E-state index contributed by atoms with van der Waals surface area (Å²) in [4.78, 5) is 0. The number of rotatable bonds is 3. The van der Waals surface area contributed by atoms with Crippen LogP contribution in [0.15, 0.2) is 24.3 Å². The fraction of sp³-hybridized carbons (Fsp3) is 0.308. The van der Waals surface area contributed by atoms with Crippen LogP contribution in [0.5, 0.6) is 0 Å². The molecule has 0 bridgehead atoms. The Kier molecular flexibility index (Phi) is 3.13. The van der Waals surface area contributed by atoms with E-state index < -0.39 is 0 Å². The molecule has 0 aliphatic rings. The monoisotopic (exact) mass is 241 g/mol. The van der Waals surface area contributed by atoms with Gasteiger partial charge in [0.15, 0.2) is 5.69 Å². The maximum Gasteiger partial charge on any atom is 0.186 e. The topological polar surface area (TPSA) is 87.6 Å². The highest BCUT2D eigenvalue weighted by Gasteiger charge is 2.14. The molecule has 0 spiro atoms. The maximum absolute atomic E-state index is 9.08. The van der Waals surface area contributed by atoms with Crippen LogP contribution >= 0.6 is 0 Å². The molecule has 2 aromatic rings. The third-order valence-electron chi connectivity index (χ3n) is 2.49. The molecule has 0 aliphatic heterocycles. The standard InChI is InChI=1S/C13H15N5/c1-13(2,15)8-16-12-9-5-3-4-6-10(9)17-18-11(12)7-14/h3-6H,8,15H2,1-2H3,(H,16,17). The summed E-state index contributed by atoms with van der Waals surface area (Å²) in [5.41, 5.74) is 7.32. The highest BCUT2D eigenvalue weighted by molar-refractivity contribution is 5.92. The minimum atomic E-state index is -0.364. The zero-order chi connectivity index (χ0) is 13.2. The number of benzene rings is 1. The first-order valence-corrected chi connectivity index (χ1v) is 5.69. The number of fused-ring (bicyclic) bond motifs is 1. The molecule has 0 fully saturated rings. The quantitative estimate of drug-likeness (QED) is 0.853. The minimum absolute atomic E-state index is 0.290. The normalized spacial score (nSPS) is 11.2. The Hall–Kier alpha value is -2.19. The molecule has 5 nitrogen and oxygen atoms in total. The average molecular weight is 241 g/mol. The van der Waals surface area contributed by atoms with Crippen LogP contribution in [0.4, 0.5) is 5.69 Å². The van der Waals surface area contributed by atoms with Gasteiger partial charge in [0.25, 0.3) is 0 Å². The number of hydrogen-bond donors (Lipinski definition) is 2. The van der Waals surface area contributed by atoms with Crippen LogP contribution in [0.25, 0.3) is 10.9 Å². The summed E-state index contributed by atoms with van der Waals surface area (Å²) in [5, 5.41) is 21.1. The molecule has 2 rings (SSSR count). The second-order valence-electron chi connectivity index (χ2n) is 4.89. The second kappa shape index (κ2) is 4.59. The number of nitrogens with two attached hydrogens (primary N) is 1. The van der Waals surface area contributed by atoms with E-state index in [1.165, 1.54) is 0 Å². The molecule has 0 aliphatic carbocycles. The fourth-order valence-electron chi connectivity index (χ4n) is 1.63. The molecule has 1 heterocycles. The van der Waals surface area contributed by atoms with Gasteiger partial charge in [-0.05, 0) is 19.9 Å². The van der Waals surface area contributed by atoms with E-state index in [0.717, 1.165) is 10.9 Å². The van der Waals surface area contributed by atoms with Gasteiger partial charge >= 0.3 is 0 Å². The number of nitrogens with one attached hydrogen (secondary N) is 1. The molecule has 0 atom stereocenters. The molecule has 1 aromatic heterocycles. The summed E-state index contributed by atoms with van der Waals surface area (Å²) in [7, 11) is 0. The third-order valence-corrected chi connectivity index (χ3v) is 2.49. The van der Waals surface area contributed by atoms with E-state index >= 15 is 0 Å². The fourth-order valence-corrected chi connectivity index (χ4v) is 1.63. The van der Waals surface area contributed by atoms with Gasteiger partial charge in [0.1, 0.15) is 6.07 Å². The number of aromatic nitrogens is 2. The first-order valence-electron chi connectivity index (χ1n) is 5.69. The van der Waals surface area contributed by atoms with Crippen molar-refractivity contribution in [2.45, 2.75) is 19.4 Å². The molecule has 92 valence electrons.